The molecule has 0 aliphatic rings. The van der Waals surface area contributed by atoms with E-state index in [4.69, 9.17) is 0 Å². The largest absolute Gasteiger partial charge is 0.411 e. The van der Waals surface area contributed by atoms with Crippen molar-refractivity contribution in [3.8, 4) is 0 Å². The summed E-state index contributed by atoms with van der Waals surface area (Å²) in [4.78, 5) is 1.07. The van der Waals surface area contributed by atoms with Crippen LogP contribution in [0.1, 0.15) is 24.3 Å². The smallest absolute Gasteiger partial charge is 0.372 e. The van der Waals surface area contributed by atoms with E-state index in [1.54, 1.807) is 11.3 Å². The van der Waals surface area contributed by atoms with Crippen LogP contribution in [0.4, 0.5) is 13.2 Å². The molecule has 8 heteroatoms. The second kappa shape index (κ2) is 7.97. The highest BCUT2D eigenvalue weighted by molar-refractivity contribution is 9.13. The summed E-state index contributed by atoms with van der Waals surface area (Å²) in [6, 6.07) is 1.97. The molecule has 0 bridgehead atoms. The van der Waals surface area contributed by atoms with E-state index in [9.17, 15) is 13.2 Å². The fourth-order valence-corrected chi connectivity index (χ4v) is 3.72. The number of nitrogens with one attached hydrogen (secondary N) is 1. The van der Waals surface area contributed by atoms with Gasteiger partial charge in [0.1, 0.15) is 6.61 Å². The number of rotatable bonds is 7. The lowest BCUT2D eigenvalue weighted by molar-refractivity contribution is -0.174. The third-order valence-electron chi connectivity index (χ3n) is 2.27. The molecule has 1 aromatic rings. The second-order valence-corrected chi connectivity index (χ2v) is 7.09. The predicted octanol–water partition coefficient (Wildman–Crippen LogP) is 4.89. The molecule has 1 unspecified atom stereocenters. The van der Waals surface area contributed by atoms with Gasteiger partial charge in [0.05, 0.1) is 3.79 Å². The molecule has 1 N–H and O–H groups in total. The molecule has 2 nitrogen and oxygen atoms in total. The standard InChI is InChI=1S/C11H14Br2F3NOS/c1-2-17-8(3-4-18-6-11(14,15)16)9-5-7(12)10(13)19-9/h5,8,17H,2-4,6H2,1H3. The van der Waals surface area contributed by atoms with Crippen molar-refractivity contribution in [2.24, 2.45) is 0 Å². The molecule has 1 heterocycles. The number of hydrogen-bond donors (Lipinski definition) is 1. The monoisotopic (exact) mass is 423 g/mol. The highest BCUT2D eigenvalue weighted by Gasteiger charge is 2.27. The van der Waals surface area contributed by atoms with Crippen LogP contribution in [0, 0.1) is 0 Å². The van der Waals surface area contributed by atoms with Gasteiger partial charge < -0.3 is 10.1 Å². The molecule has 0 saturated carbocycles. The summed E-state index contributed by atoms with van der Waals surface area (Å²) in [5, 5.41) is 3.24. The number of thiophene rings is 1. The maximum absolute atomic E-state index is 12.0. The Morgan fingerprint density at radius 2 is 2.11 bits per heavy atom. The first kappa shape index (κ1) is 17.4. The molecule has 0 aliphatic heterocycles. The van der Waals surface area contributed by atoms with Crippen LogP contribution in [0.2, 0.25) is 0 Å². The van der Waals surface area contributed by atoms with Gasteiger partial charge in [-0.25, -0.2) is 0 Å². The zero-order valence-electron chi connectivity index (χ0n) is 10.2. The Hall–Kier alpha value is 0.370. The SMILES string of the molecule is CCNC(CCOCC(F)(F)F)c1cc(Br)c(Br)s1. The summed E-state index contributed by atoms with van der Waals surface area (Å²) in [7, 11) is 0. The first-order chi connectivity index (χ1) is 8.83. The number of halogens is 5. The summed E-state index contributed by atoms with van der Waals surface area (Å²) >= 11 is 8.36. The minimum absolute atomic E-state index is 0.00540. The molecule has 1 rings (SSSR count). The topological polar surface area (TPSA) is 21.3 Å². The molecule has 0 amide bonds. The minimum atomic E-state index is -4.26. The van der Waals surface area contributed by atoms with Crippen molar-refractivity contribution in [1.82, 2.24) is 5.32 Å². The molecular formula is C11H14Br2F3NOS. The second-order valence-electron chi connectivity index (χ2n) is 3.84. The molecule has 0 fully saturated rings. The summed E-state index contributed by atoms with van der Waals surface area (Å²) in [5.74, 6) is 0. The summed E-state index contributed by atoms with van der Waals surface area (Å²) in [6.07, 6.45) is -3.76. The van der Waals surface area contributed by atoms with Crippen LogP contribution in [0.15, 0.2) is 14.3 Å². The molecule has 1 atom stereocenters. The molecule has 0 saturated heterocycles. The normalized spacial score (nSPS) is 13.8. The van der Waals surface area contributed by atoms with E-state index in [1.165, 1.54) is 0 Å². The van der Waals surface area contributed by atoms with Gasteiger partial charge in [0.15, 0.2) is 0 Å². The fourth-order valence-electron chi connectivity index (χ4n) is 1.52. The van der Waals surface area contributed by atoms with Gasteiger partial charge in [-0.1, -0.05) is 6.92 Å². The van der Waals surface area contributed by atoms with Crippen LogP contribution in [-0.4, -0.2) is 25.9 Å². The van der Waals surface area contributed by atoms with Crippen molar-refractivity contribution in [2.45, 2.75) is 25.6 Å². The summed E-state index contributed by atoms with van der Waals surface area (Å²) in [5.41, 5.74) is 0. The Balaban J connectivity index is 2.49. The van der Waals surface area contributed by atoms with Crippen molar-refractivity contribution < 1.29 is 17.9 Å². The van der Waals surface area contributed by atoms with E-state index in [-0.39, 0.29) is 12.6 Å². The summed E-state index contributed by atoms with van der Waals surface area (Å²) in [6.45, 7) is 1.59. The lowest BCUT2D eigenvalue weighted by Crippen LogP contribution is -2.23. The predicted molar refractivity (Wildman–Crippen MR) is 77.6 cm³/mol. The Labute approximate surface area is 131 Å². The average Bonchev–Trinajstić information content (AvgIpc) is 2.62. The van der Waals surface area contributed by atoms with Crippen LogP contribution in [0.5, 0.6) is 0 Å². The van der Waals surface area contributed by atoms with Gasteiger partial charge in [0, 0.05) is 22.0 Å². The molecular weight excluding hydrogens is 411 g/mol. The Kier molecular flexibility index (Phi) is 7.31. The van der Waals surface area contributed by atoms with Gasteiger partial charge in [-0.2, -0.15) is 13.2 Å². The van der Waals surface area contributed by atoms with Gasteiger partial charge in [-0.3, -0.25) is 0 Å². The number of alkyl halides is 3. The maximum atomic E-state index is 12.0. The molecule has 0 radical (unpaired) electrons. The van der Waals surface area contributed by atoms with Gasteiger partial charge in [-0.15, -0.1) is 11.3 Å². The first-order valence-electron chi connectivity index (χ1n) is 5.66. The highest BCUT2D eigenvalue weighted by atomic mass is 79.9. The Morgan fingerprint density at radius 1 is 1.42 bits per heavy atom. The van der Waals surface area contributed by atoms with Gasteiger partial charge >= 0.3 is 6.18 Å². The molecule has 0 spiro atoms. The Bertz CT molecular complexity index is 378. The van der Waals surface area contributed by atoms with Gasteiger partial charge in [-0.05, 0) is 50.9 Å². The minimum Gasteiger partial charge on any atom is -0.372 e. The molecule has 1 aromatic heterocycles. The van der Waals surface area contributed by atoms with Crippen LogP contribution in [0.25, 0.3) is 0 Å². The third kappa shape index (κ3) is 6.57. The van der Waals surface area contributed by atoms with Crippen molar-refractivity contribution in [2.75, 3.05) is 19.8 Å². The summed E-state index contributed by atoms with van der Waals surface area (Å²) < 4.78 is 42.4. The van der Waals surface area contributed by atoms with Crippen molar-refractivity contribution in [1.29, 1.82) is 0 Å². The van der Waals surface area contributed by atoms with E-state index >= 15 is 0 Å². The van der Waals surface area contributed by atoms with Crippen LogP contribution in [-0.2, 0) is 4.74 Å². The van der Waals surface area contributed by atoms with Crippen LogP contribution in [0.3, 0.4) is 0 Å². The lowest BCUT2D eigenvalue weighted by Gasteiger charge is -2.16. The fraction of sp³-hybridized carbons (Fsp3) is 0.636. The highest BCUT2D eigenvalue weighted by Crippen LogP contribution is 2.36. The molecule has 110 valence electrons. The third-order valence-corrected chi connectivity index (χ3v) is 5.64. The van der Waals surface area contributed by atoms with Crippen molar-refractivity contribution in [3.05, 3.63) is 19.2 Å². The van der Waals surface area contributed by atoms with Gasteiger partial charge in [0.25, 0.3) is 0 Å². The number of ether oxygens (including phenoxy) is 1. The first-order valence-corrected chi connectivity index (χ1v) is 8.06. The zero-order chi connectivity index (χ0) is 14.5. The Morgan fingerprint density at radius 3 is 2.58 bits per heavy atom. The lowest BCUT2D eigenvalue weighted by atomic mass is 10.2. The molecule has 0 aromatic carbocycles. The zero-order valence-corrected chi connectivity index (χ0v) is 14.2. The van der Waals surface area contributed by atoms with E-state index in [1.807, 2.05) is 13.0 Å². The van der Waals surface area contributed by atoms with E-state index in [2.05, 4.69) is 41.9 Å². The van der Waals surface area contributed by atoms with Crippen molar-refractivity contribution >= 4 is 43.2 Å². The maximum Gasteiger partial charge on any atom is 0.411 e. The van der Waals surface area contributed by atoms with E-state index < -0.39 is 12.8 Å². The van der Waals surface area contributed by atoms with Crippen LogP contribution >= 0.6 is 43.2 Å². The molecule has 0 aliphatic carbocycles. The van der Waals surface area contributed by atoms with Crippen LogP contribution < -0.4 is 5.32 Å². The van der Waals surface area contributed by atoms with E-state index in [0.29, 0.717) is 6.42 Å². The number of hydrogen-bond acceptors (Lipinski definition) is 3. The molecule has 19 heavy (non-hydrogen) atoms. The van der Waals surface area contributed by atoms with Crippen molar-refractivity contribution in [3.63, 3.8) is 0 Å². The van der Waals surface area contributed by atoms with Gasteiger partial charge in [0.2, 0.25) is 0 Å². The quantitative estimate of drug-likeness (QED) is 0.629. The average molecular weight is 425 g/mol. The van der Waals surface area contributed by atoms with E-state index in [0.717, 1.165) is 19.7 Å².